The Hall–Kier alpha value is -2.51. The Morgan fingerprint density at radius 2 is 1.90 bits per heavy atom. The molecule has 0 aliphatic carbocycles. The molecule has 4 nitrogen and oxygen atoms in total. The van der Waals surface area contributed by atoms with Crippen molar-refractivity contribution in [2.45, 2.75) is 6.61 Å². The number of nitrogens with zero attached hydrogens (tertiary/aromatic N) is 2. The summed E-state index contributed by atoms with van der Waals surface area (Å²) in [5.41, 5.74) is 1.76. The monoisotopic (exact) mass is 300 g/mol. The molecule has 0 spiro atoms. The molecule has 0 bridgehead atoms. The summed E-state index contributed by atoms with van der Waals surface area (Å²) in [6.07, 6.45) is 0. The van der Waals surface area contributed by atoms with Crippen molar-refractivity contribution in [1.82, 2.24) is 0 Å². The normalized spacial score (nSPS) is 10.8. The van der Waals surface area contributed by atoms with Crippen LogP contribution < -0.4 is 4.74 Å². The van der Waals surface area contributed by atoms with Gasteiger partial charge in [-0.1, -0.05) is 41.0 Å². The summed E-state index contributed by atoms with van der Waals surface area (Å²) in [4.78, 5) is 4.69. The van der Waals surface area contributed by atoms with Gasteiger partial charge in [-0.05, 0) is 29.8 Å². The van der Waals surface area contributed by atoms with Crippen LogP contribution in [0.4, 0.5) is 0 Å². The topological polar surface area (TPSA) is 54.6 Å². The number of nitriles is 1. The molecule has 0 atom stereocenters. The first-order valence-electron chi connectivity index (χ1n) is 6.22. The summed E-state index contributed by atoms with van der Waals surface area (Å²) in [6.45, 7) is 0.322. The van der Waals surface area contributed by atoms with E-state index in [1.54, 1.807) is 24.3 Å². The number of rotatable bonds is 5. The van der Waals surface area contributed by atoms with Gasteiger partial charge in [0.05, 0.1) is 0 Å². The number of halogens is 1. The van der Waals surface area contributed by atoms with Crippen LogP contribution in [0.25, 0.3) is 0 Å². The molecule has 0 saturated heterocycles. The molecule has 0 N–H and O–H groups in total. The molecule has 2 rings (SSSR count). The quantitative estimate of drug-likeness (QED) is 0.623. The maximum Gasteiger partial charge on any atom is 0.187 e. The highest BCUT2D eigenvalue weighted by Gasteiger charge is 2.10. The second-order valence-electron chi connectivity index (χ2n) is 4.13. The molecule has 0 aliphatic heterocycles. The van der Waals surface area contributed by atoms with Gasteiger partial charge in [0.2, 0.25) is 0 Å². The predicted octanol–water partition coefficient (Wildman–Crippen LogP) is 3.79. The van der Waals surface area contributed by atoms with Crippen LogP contribution in [0.2, 0.25) is 5.02 Å². The molecule has 2 aromatic rings. The summed E-state index contributed by atoms with van der Waals surface area (Å²) in [6, 6.07) is 16.5. The minimum absolute atomic E-state index is 0.216. The fourth-order valence-corrected chi connectivity index (χ4v) is 1.92. The van der Waals surface area contributed by atoms with Gasteiger partial charge in [0.15, 0.2) is 5.71 Å². The molecule has 0 amide bonds. The number of ether oxygens (including phenoxy) is 1. The summed E-state index contributed by atoms with van der Waals surface area (Å²) < 4.78 is 5.70. The summed E-state index contributed by atoms with van der Waals surface area (Å²) >= 11 is 5.83. The molecular formula is C16H13ClN2O2. The highest BCUT2D eigenvalue weighted by atomic mass is 35.5. The van der Waals surface area contributed by atoms with Crippen molar-refractivity contribution < 1.29 is 9.57 Å². The zero-order chi connectivity index (χ0) is 15.1. The van der Waals surface area contributed by atoms with E-state index in [4.69, 9.17) is 26.4 Å². The van der Waals surface area contributed by atoms with Gasteiger partial charge in [-0.2, -0.15) is 5.26 Å². The van der Waals surface area contributed by atoms with Gasteiger partial charge in [0, 0.05) is 10.6 Å². The standard InChI is InChI=1S/C16H13ClN2O2/c1-20-19-16(10-18)15-5-3-2-4-12(15)11-21-14-8-6-13(17)7-9-14/h2-9H,11H2,1H3. The van der Waals surface area contributed by atoms with E-state index in [2.05, 4.69) is 5.16 Å². The molecule has 0 fully saturated rings. The van der Waals surface area contributed by atoms with Gasteiger partial charge in [-0.15, -0.1) is 0 Å². The van der Waals surface area contributed by atoms with E-state index in [1.165, 1.54) is 7.11 Å². The molecule has 0 heterocycles. The lowest BCUT2D eigenvalue weighted by Gasteiger charge is -2.09. The first-order chi connectivity index (χ1) is 10.2. The van der Waals surface area contributed by atoms with Crippen LogP contribution in [-0.2, 0) is 11.4 Å². The second kappa shape index (κ2) is 7.32. The molecule has 2 aromatic carbocycles. The Morgan fingerprint density at radius 1 is 1.19 bits per heavy atom. The minimum Gasteiger partial charge on any atom is -0.489 e. The average molecular weight is 301 g/mol. The van der Waals surface area contributed by atoms with Crippen molar-refractivity contribution in [3.05, 3.63) is 64.7 Å². The second-order valence-corrected chi connectivity index (χ2v) is 4.57. The van der Waals surface area contributed by atoms with E-state index in [0.29, 0.717) is 22.9 Å². The number of hydrogen-bond donors (Lipinski definition) is 0. The average Bonchev–Trinajstić information content (AvgIpc) is 2.52. The minimum atomic E-state index is 0.216. The predicted molar refractivity (Wildman–Crippen MR) is 81.4 cm³/mol. The first kappa shape index (κ1) is 14.9. The summed E-state index contributed by atoms with van der Waals surface area (Å²) in [5.74, 6) is 0.705. The molecule has 5 heteroatoms. The van der Waals surface area contributed by atoms with Crippen molar-refractivity contribution in [3.63, 3.8) is 0 Å². The van der Waals surface area contributed by atoms with Gasteiger partial charge >= 0.3 is 0 Å². The van der Waals surface area contributed by atoms with Crippen molar-refractivity contribution >= 4 is 17.3 Å². The van der Waals surface area contributed by atoms with Crippen LogP contribution in [0.15, 0.2) is 53.7 Å². The van der Waals surface area contributed by atoms with Crippen LogP contribution in [0.5, 0.6) is 5.75 Å². The van der Waals surface area contributed by atoms with Crippen molar-refractivity contribution in [1.29, 1.82) is 5.26 Å². The Bertz CT molecular complexity index is 675. The van der Waals surface area contributed by atoms with Crippen LogP contribution >= 0.6 is 11.6 Å². The van der Waals surface area contributed by atoms with Crippen LogP contribution in [-0.4, -0.2) is 12.8 Å². The molecule has 106 valence electrons. The van der Waals surface area contributed by atoms with Gasteiger partial charge in [-0.25, -0.2) is 0 Å². The number of benzene rings is 2. The third-order valence-electron chi connectivity index (χ3n) is 2.77. The zero-order valence-electron chi connectivity index (χ0n) is 11.4. The third kappa shape index (κ3) is 3.98. The molecule has 0 saturated carbocycles. The highest BCUT2D eigenvalue weighted by molar-refractivity contribution is 6.30. The van der Waals surface area contributed by atoms with Gasteiger partial charge < -0.3 is 9.57 Å². The Labute approximate surface area is 128 Å². The van der Waals surface area contributed by atoms with Crippen molar-refractivity contribution in [2.75, 3.05) is 7.11 Å². The molecule has 0 aliphatic rings. The fourth-order valence-electron chi connectivity index (χ4n) is 1.79. The van der Waals surface area contributed by atoms with Crippen LogP contribution in [0, 0.1) is 11.3 Å². The van der Waals surface area contributed by atoms with E-state index in [0.717, 1.165) is 5.56 Å². The molecule has 0 unspecified atom stereocenters. The zero-order valence-corrected chi connectivity index (χ0v) is 12.2. The van der Waals surface area contributed by atoms with Gasteiger partial charge in [-0.3, -0.25) is 0 Å². The molecular weight excluding hydrogens is 288 g/mol. The van der Waals surface area contributed by atoms with E-state index in [1.807, 2.05) is 30.3 Å². The largest absolute Gasteiger partial charge is 0.489 e. The number of hydrogen-bond acceptors (Lipinski definition) is 4. The van der Waals surface area contributed by atoms with Crippen molar-refractivity contribution in [3.8, 4) is 11.8 Å². The van der Waals surface area contributed by atoms with Gasteiger partial charge in [0.25, 0.3) is 0 Å². The fraction of sp³-hybridized carbons (Fsp3) is 0.125. The smallest absolute Gasteiger partial charge is 0.187 e. The molecule has 0 aromatic heterocycles. The molecule has 21 heavy (non-hydrogen) atoms. The lowest BCUT2D eigenvalue weighted by atomic mass is 10.0. The van der Waals surface area contributed by atoms with Gasteiger partial charge in [0.1, 0.15) is 25.5 Å². The third-order valence-corrected chi connectivity index (χ3v) is 3.02. The Balaban J connectivity index is 2.19. The lowest BCUT2D eigenvalue weighted by molar-refractivity contribution is 0.214. The van der Waals surface area contributed by atoms with E-state index < -0.39 is 0 Å². The van der Waals surface area contributed by atoms with E-state index in [-0.39, 0.29) is 5.71 Å². The van der Waals surface area contributed by atoms with Crippen molar-refractivity contribution in [2.24, 2.45) is 5.16 Å². The number of oxime groups is 1. The summed E-state index contributed by atoms with van der Waals surface area (Å²) in [7, 11) is 1.41. The molecule has 0 radical (unpaired) electrons. The summed E-state index contributed by atoms with van der Waals surface area (Å²) in [5, 5.41) is 13.5. The van der Waals surface area contributed by atoms with Crippen LogP contribution in [0.1, 0.15) is 11.1 Å². The SMILES string of the molecule is CON=C(C#N)c1ccccc1COc1ccc(Cl)cc1. The maximum atomic E-state index is 9.13. The lowest BCUT2D eigenvalue weighted by Crippen LogP contribution is -2.06. The first-order valence-corrected chi connectivity index (χ1v) is 6.60. The van der Waals surface area contributed by atoms with Crippen LogP contribution in [0.3, 0.4) is 0 Å². The van der Waals surface area contributed by atoms with E-state index in [9.17, 15) is 0 Å². The Morgan fingerprint density at radius 3 is 2.57 bits per heavy atom. The maximum absolute atomic E-state index is 9.13. The Kier molecular flexibility index (Phi) is 5.19. The highest BCUT2D eigenvalue weighted by Crippen LogP contribution is 2.18. The van der Waals surface area contributed by atoms with E-state index >= 15 is 0 Å².